The van der Waals surface area contributed by atoms with E-state index in [1.165, 1.54) is 23.1 Å². The van der Waals surface area contributed by atoms with Crippen LogP contribution in [0.4, 0.5) is 5.13 Å². The predicted octanol–water partition coefficient (Wildman–Crippen LogP) is 1.64. The predicted molar refractivity (Wildman–Crippen MR) is 76.8 cm³/mol. The maximum absolute atomic E-state index is 11.7. The zero-order chi connectivity index (χ0) is 14.4. The van der Waals surface area contributed by atoms with Crippen LogP contribution in [0.2, 0.25) is 0 Å². The van der Waals surface area contributed by atoms with Gasteiger partial charge in [0, 0.05) is 5.56 Å². The van der Waals surface area contributed by atoms with E-state index in [1.807, 2.05) is 6.07 Å². The second-order valence-corrected chi connectivity index (χ2v) is 5.88. The fraction of sp³-hybridized carbons (Fsp3) is 0.167. The summed E-state index contributed by atoms with van der Waals surface area (Å²) in [5.74, 6) is -0.645. The van der Waals surface area contributed by atoms with Crippen LogP contribution in [0.5, 0.6) is 0 Å². The first kappa shape index (κ1) is 14.5. The van der Waals surface area contributed by atoms with Gasteiger partial charge in [0.2, 0.25) is 5.13 Å². The Bertz CT molecular complexity index is 601. The standard InChI is InChI=1S/C12H11N3O3S2/c13-11-14-15-12(20-11)19-7-10(17)18-6-9(16)8-4-2-1-3-5-8/h1-5H,6-7H2,(H2,13,14). The molecule has 0 saturated carbocycles. The number of carbonyl (C=O) groups excluding carboxylic acids is 2. The van der Waals surface area contributed by atoms with E-state index >= 15 is 0 Å². The van der Waals surface area contributed by atoms with Crippen LogP contribution in [0.3, 0.4) is 0 Å². The number of hydrogen-bond donors (Lipinski definition) is 1. The maximum atomic E-state index is 11.7. The summed E-state index contributed by atoms with van der Waals surface area (Å²) in [6.07, 6.45) is 0. The van der Waals surface area contributed by atoms with Crippen molar-refractivity contribution in [3.63, 3.8) is 0 Å². The van der Waals surface area contributed by atoms with Gasteiger partial charge in [-0.2, -0.15) is 0 Å². The molecule has 0 spiro atoms. The van der Waals surface area contributed by atoms with Crippen molar-refractivity contribution >= 4 is 40.0 Å². The number of nitrogen functional groups attached to an aromatic ring is 1. The van der Waals surface area contributed by atoms with Crippen molar-refractivity contribution in [2.45, 2.75) is 4.34 Å². The zero-order valence-corrected chi connectivity index (χ0v) is 11.9. The Morgan fingerprint density at radius 2 is 2.00 bits per heavy atom. The molecule has 0 atom stereocenters. The molecular formula is C12H11N3O3S2. The number of nitrogens with zero attached hydrogens (tertiary/aromatic N) is 2. The molecule has 0 aliphatic rings. The Labute approximate surface area is 123 Å². The molecule has 2 N–H and O–H groups in total. The van der Waals surface area contributed by atoms with Crippen LogP contribution in [0.25, 0.3) is 0 Å². The van der Waals surface area contributed by atoms with Crippen LogP contribution >= 0.6 is 23.1 Å². The number of hydrogen-bond acceptors (Lipinski definition) is 8. The van der Waals surface area contributed by atoms with Crippen molar-refractivity contribution < 1.29 is 14.3 Å². The molecule has 1 heterocycles. The SMILES string of the molecule is Nc1nnc(SCC(=O)OCC(=O)c2ccccc2)s1. The summed E-state index contributed by atoms with van der Waals surface area (Å²) in [5.41, 5.74) is 5.94. The van der Waals surface area contributed by atoms with Gasteiger partial charge in [-0.15, -0.1) is 10.2 Å². The summed E-state index contributed by atoms with van der Waals surface area (Å²) >= 11 is 2.37. The first-order valence-corrected chi connectivity index (χ1v) is 7.41. The number of esters is 1. The van der Waals surface area contributed by atoms with Crippen molar-refractivity contribution in [2.24, 2.45) is 0 Å². The van der Waals surface area contributed by atoms with E-state index in [2.05, 4.69) is 10.2 Å². The van der Waals surface area contributed by atoms with Gasteiger partial charge in [0.1, 0.15) is 0 Å². The third-order valence-corrected chi connectivity index (χ3v) is 4.05. The number of ether oxygens (including phenoxy) is 1. The minimum absolute atomic E-state index is 0.0662. The number of rotatable bonds is 6. The summed E-state index contributed by atoms with van der Waals surface area (Å²) in [4.78, 5) is 23.2. The minimum Gasteiger partial charge on any atom is -0.457 e. The summed E-state index contributed by atoms with van der Waals surface area (Å²) in [6.45, 7) is -0.262. The average Bonchev–Trinajstić information content (AvgIpc) is 2.89. The third kappa shape index (κ3) is 4.32. The number of anilines is 1. The lowest BCUT2D eigenvalue weighted by molar-refractivity contribution is -0.139. The van der Waals surface area contributed by atoms with Gasteiger partial charge in [-0.25, -0.2) is 0 Å². The number of Topliss-reactive ketones (excluding diaryl/α,β-unsaturated/α-hetero) is 1. The highest BCUT2D eigenvalue weighted by Gasteiger charge is 2.11. The van der Waals surface area contributed by atoms with Gasteiger partial charge in [0.05, 0.1) is 5.75 Å². The van der Waals surface area contributed by atoms with Gasteiger partial charge < -0.3 is 10.5 Å². The minimum atomic E-state index is -0.479. The molecular weight excluding hydrogens is 298 g/mol. The summed E-state index contributed by atoms with van der Waals surface area (Å²) < 4.78 is 5.49. The Hall–Kier alpha value is -1.93. The van der Waals surface area contributed by atoms with Crippen LogP contribution in [0.1, 0.15) is 10.4 Å². The molecule has 6 nitrogen and oxygen atoms in total. The molecule has 104 valence electrons. The number of carbonyl (C=O) groups is 2. The van der Waals surface area contributed by atoms with Gasteiger partial charge >= 0.3 is 5.97 Å². The Kier molecular flexibility index (Phi) is 5.08. The zero-order valence-electron chi connectivity index (χ0n) is 10.3. The number of thioether (sulfide) groups is 1. The number of nitrogens with two attached hydrogens (primary N) is 1. The normalized spacial score (nSPS) is 10.2. The van der Waals surface area contributed by atoms with Crippen molar-refractivity contribution in [3.8, 4) is 0 Å². The number of aromatic nitrogens is 2. The molecule has 1 aromatic heterocycles. The summed E-state index contributed by atoms with van der Waals surface area (Å²) in [7, 11) is 0. The van der Waals surface area contributed by atoms with E-state index in [9.17, 15) is 9.59 Å². The van der Waals surface area contributed by atoms with Crippen molar-refractivity contribution in [1.82, 2.24) is 10.2 Å². The molecule has 0 saturated heterocycles. The summed E-state index contributed by atoms with van der Waals surface area (Å²) in [5, 5.41) is 7.74. The van der Waals surface area contributed by atoms with E-state index in [-0.39, 0.29) is 18.1 Å². The van der Waals surface area contributed by atoms with Gasteiger partial charge in [-0.05, 0) is 0 Å². The molecule has 0 aliphatic carbocycles. The van der Waals surface area contributed by atoms with Crippen LogP contribution in [0, 0.1) is 0 Å². The lowest BCUT2D eigenvalue weighted by Crippen LogP contribution is -2.15. The van der Waals surface area contributed by atoms with E-state index in [0.29, 0.717) is 15.0 Å². The smallest absolute Gasteiger partial charge is 0.316 e. The number of ketones is 1. The Morgan fingerprint density at radius 1 is 1.25 bits per heavy atom. The number of benzene rings is 1. The molecule has 1 aromatic carbocycles. The van der Waals surface area contributed by atoms with Crippen molar-refractivity contribution in [3.05, 3.63) is 35.9 Å². The fourth-order valence-corrected chi connectivity index (χ4v) is 2.73. The van der Waals surface area contributed by atoms with Gasteiger partial charge in [-0.1, -0.05) is 53.4 Å². The molecule has 0 unspecified atom stereocenters. The lowest BCUT2D eigenvalue weighted by atomic mass is 10.1. The highest BCUT2D eigenvalue weighted by molar-refractivity contribution is 8.01. The van der Waals surface area contributed by atoms with E-state index < -0.39 is 5.97 Å². The molecule has 2 rings (SSSR count). The Balaban J connectivity index is 1.74. The van der Waals surface area contributed by atoms with E-state index in [4.69, 9.17) is 10.5 Å². The monoisotopic (exact) mass is 309 g/mol. The molecule has 2 aromatic rings. The molecule has 0 bridgehead atoms. The molecule has 0 aliphatic heterocycles. The first-order valence-electron chi connectivity index (χ1n) is 5.61. The third-order valence-electron chi connectivity index (χ3n) is 2.20. The topological polar surface area (TPSA) is 95.2 Å². The molecule has 0 fully saturated rings. The van der Waals surface area contributed by atoms with Crippen LogP contribution in [0.15, 0.2) is 34.7 Å². The van der Waals surface area contributed by atoms with Crippen LogP contribution in [-0.4, -0.2) is 34.3 Å². The fourth-order valence-electron chi connectivity index (χ4n) is 1.29. The average molecular weight is 309 g/mol. The van der Waals surface area contributed by atoms with Gasteiger partial charge in [-0.3, -0.25) is 9.59 Å². The molecule has 0 amide bonds. The first-order chi connectivity index (χ1) is 9.65. The summed E-state index contributed by atoms with van der Waals surface area (Å²) in [6, 6.07) is 8.67. The molecule has 0 radical (unpaired) electrons. The quantitative estimate of drug-likeness (QED) is 0.492. The van der Waals surface area contributed by atoms with Crippen LogP contribution < -0.4 is 5.73 Å². The van der Waals surface area contributed by atoms with Crippen molar-refractivity contribution in [2.75, 3.05) is 18.1 Å². The van der Waals surface area contributed by atoms with E-state index in [0.717, 1.165) is 0 Å². The lowest BCUT2D eigenvalue weighted by Gasteiger charge is -2.03. The second kappa shape index (κ2) is 7.01. The van der Waals surface area contributed by atoms with Gasteiger partial charge in [0.25, 0.3) is 0 Å². The highest BCUT2D eigenvalue weighted by atomic mass is 32.2. The van der Waals surface area contributed by atoms with Crippen molar-refractivity contribution in [1.29, 1.82) is 0 Å². The van der Waals surface area contributed by atoms with E-state index in [1.54, 1.807) is 24.3 Å². The second-order valence-electron chi connectivity index (χ2n) is 3.64. The highest BCUT2D eigenvalue weighted by Crippen LogP contribution is 2.23. The Morgan fingerprint density at radius 3 is 2.65 bits per heavy atom. The molecule has 8 heteroatoms. The maximum Gasteiger partial charge on any atom is 0.316 e. The largest absolute Gasteiger partial charge is 0.457 e. The van der Waals surface area contributed by atoms with Gasteiger partial charge in [0.15, 0.2) is 16.7 Å². The van der Waals surface area contributed by atoms with Crippen LogP contribution in [-0.2, 0) is 9.53 Å². The molecule has 20 heavy (non-hydrogen) atoms.